The van der Waals surface area contributed by atoms with Crippen molar-refractivity contribution in [3.05, 3.63) is 53.2 Å². The summed E-state index contributed by atoms with van der Waals surface area (Å²) >= 11 is 0. The molecule has 1 fully saturated rings. The number of morpholine rings is 1. The first-order valence-electron chi connectivity index (χ1n) is 9.96. The van der Waals surface area contributed by atoms with E-state index in [1.165, 1.54) is 5.56 Å². The number of carbonyl (C=O) groups excluding carboxylic acids is 1. The fourth-order valence-corrected chi connectivity index (χ4v) is 3.86. The van der Waals surface area contributed by atoms with E-state index in [1.807, 2.05) is 6.07 Å². The number of oxazole rings is 1. The normalized spacial score (nSPS) is 21.9. The van der Waals surface area contributed by atoms with Crippen LogP contribution in [0.25, 0.3) is 0 Å². The summed E-state index contributed by atoms with van der Waals surface area (Å²) in [6.45, 7) is 6.69. The average Bonchev–Trinajstić information content (AvgIpc) is 3.15. The second-order valence-electron chi connectivity index (χ2n) is 7.66. The molecule has 28 heavy (non-hydrogen) atoms. The van der Waals surface area contributed by atoms with Gasteiger partial charge in [-0.2, -0.15) is 0 Å². The Balaban J connectivity index is 1.36. The van der Waals surface area contributed by atoms with Gasteiger partial charge in [-0.1, -0.05) is 30.3 Å². The number of carbonyl (C=O) groups is 1. The average molecular weight is 384 g/mol. The standard InChI is InChI=1S/C21H28N4O3/c1-15(16-6-4-3-5-7-16)25-9-8-19-18(14-25)23-21(28-19)20(26)22-12-17-13-24(2)10-11-27-17/h3-7,15,17H,8-14H2,1-2H3,(H,22,26)/t15-,17+/m0/s1. The van der Waals surface area contributed by atoms with Crippen LogP contribution in [-0.4, -0.2) is 66.6 Å². The topological polar surface area (TPSA) is 70.8 Å². The van der Waals surface area contributed by atoms with Gasteiger partial charge in [0.05, 0.1) is 18.4 Å². The van der Waals surface area contributed by atoms with E-state index >= 15 is 0 Å². The molecule has 0 saturated carbocycles. The molecule has 2 aliphatic heterocycles. The third kappa shape index (κ3) is 4.27. The van der Waals surface area contributed by atoms with Gasteiger partial charge in [0, 0.05) is 45.2 Å². The number of benzene rings is 1. The van der Waals surface area contributed by atoms with Crippen LogP contribution in [0.15, 0.2) is 34.7 Å². The summed E-state index contributed by atoms with van der Waals surface area (Å²) in [5.41, 5.74) is 2.15. The van der Waals surface area contributed by atoms with E-state index in [4.69, 9.17) is 9.15 Å². The smallest absolute Gasteiger partial charge is 0.307 e. The molecule has 3 heterocycles. The molecule has 1 aromatic heterocycles. The molecule has 4 rings (SSSR count). The highest BCUT2D eigenvalue weighted by molar-refractivity contribution is 5.89. The van der Waals surface area contributed by atoms with Crippen molar-refractivity contribution in [2.24, 2.45) is 0 Å². The highest BCUT2D eigenvalue weighted by atomic mass is 16.5. The summed E-state index contributed by atoms with van der Waals surface area (Å²) < 4.78 is 11.4. The lowest BCUT2D eigenvalue weighted by molar-refractivity contribution is -0.0176. The van der Waals surface area contributed by atoms with Gasteiger partial charge in [-0.05, 0) is 19.5 Å². The number of rotatable bonds is 5. The highest BCUT2D eigenvalue weighted by Gasteiger charge is 2.28. The van der Waals surface area contributed by atoms with Crippen LogP contribution in [0.1, 0.15) is 40.7 Å². The summed E-state index contributed by atoms with van der Waals surface area (Å²) in [6, 6.07) is 10.7. The molecule has 1 N–H and O–H groups in total. The van der Waals surface area contributed by atoms with Crippen molar-refractivity contribution in [2.75, 3.05) is 39.8 Å². The number of nitrogens with zero attached hydrogens (tertiary/aromatic N) is 3. The minimum absolute atomic E-state index is 0.00880. The fourth-order valence-electron chi connectivity index (χ4n) is 3.86. The lowest BCUT2D eigenvalue weighted by atomic mass is 10.0. The van der Waals surface area contributed by atoms with Crippen LogP contribution >= 0.6 is 0 Å². The second-order valence-corrected chi connectivity index (χ2v) is 7.66. The maximum absolute atomic E-state index is 12.5. The molecule has 0 aliphatic carbocycles. The van der Waals surface area contributed by atoms with Gasteiger partial charge in [0.2, 0.25) is 0 Å². The van der Waals surface area contributed by atoms with E-state index in [0.29, 0.717) is 25.7 Å². The second kappa shape index (κ2) is 8.43. The van der Waals surface area contributed by atoms with Gasteiger partial charge in [0.15, 0.2) is 0 Å². The van der Waals surface area contributed by atoms with Crippen LogP contribution in [-0.2, 0) is 17.7 Å². The number of ether oxygens (including phenoxy) is 1. The van der Waals surface area contributed by atoms with E-state index in [9.17, 15) is 4.79 Å². The third-order valence-electron chi connectivity index (χ3n) is 5.61. The molecular weight excluding hydrogens is 356 g/mol. The predicted octanol–water partition coefficient (Wildman–Crippen LogP) is 1.85. The van der Waals surface area contributed by atoms with Gasteiger partial charge in [0.25, 0.3) is 5.89 Å². The molecule has 7 heteroatoms. The molecule has 0 spiro atoms. The van der Waals surface area contributed by atoms with Crippen LogP contribution in [0.5, 0.6) is 0 Å². The van der Waals surface area contributed by atoms with Crippen molar-refractivity contribution in [2.45, 2.75) is 32.0 Å². The summed E-state index contributed by atoms with van der Waals surface area (Å²) in [5.74, 6) is 0.715. The lowest BCUT2D eigenvalue weighted by Gasteiger charge is -2.31. The number of hydrogen-bond acceptors (Lipinski definition) is 6. The van der Waals surface area contributed by atoms with Gasteiger partial charge in [-0.3, -0.25) is 9.69 Å². The number of fused-ring (bicyclic) bond motifs is 1. The maximum Gasteiger partial charge on any atom is 0.307 e. The molecule has 1 saturated heterocycles. The molecule has 0 unspecified atom stereocenters. The van der Waals surface area contributed by atoms with Crippen molar-refractivity contribution >= 4 is 5.91 Å². The number of hydrogen-bond donors (Lipinski definition) is 1. The molecule has 0 bridgehead atoms. The Morgan fingerprint density at radius 2 is 2.14 bits per heavy atom. The van der Waals surface area contributed by atoms with E-state index in [0.717, 1.165) is 37.5 Å². The number of aromatic nitrogens is 1. The van der Waals surface area contributed by atoms with E-state index < -0.39 is 0 Å². The first-order chi connectivity index (χ1) is 13.6. The summed E-state index contributed by atoms with van der Waals surface area (Å²) in [7, 11) is 2.06. The quantitative estimate of drug-likeness (QED) is 0.848. The third-order valence-corrected chi connectivity index (χ3v) is 5.61. The molecule has 150 valence electrons. The fraction of sp³-hybridized carbons (Fsp3) is 0.524. The maximum atomic E-state index is 12.5. The first-order valence-corrected chi connectivity index (χ1v) is 9.96. The summed E-state index contributed by atoms with van der Waals surface area (Å²) in [6.07, 6.45) is 0.776. The van der Waals surface area contributed by atoms with E-state index in [-0.39, 0.29) is 17.9 Å². The van der Waals surface area contributed by atoms with Crippen molar-refractivity contribution in [3.63, 3.8) is 0 Å². The van der Waals surface area contributed by atoms with Crippen LogP contribution in [0, 0.1) is 0 Å². The summed E-state index contributed by atoms with van der Waals surface area (Å²) in [5, 5.41) is 2.90. The number of nitrogens with one attached hydrogen (secondary N) is 1. The van der Waals surface area contributed by atoms with Crippen molar-refractivity contribution in [3.8, 4) is 0 Å². The Morgan fingerprint density at radius 1 is 1.32 bits per heavy atom. The Kier molecular flexibility index (Phi) is 5.75. The Hall–Kier alpha value is -2.22. The van der Waals surface area contributed by atoms with Gasteiger partial charge in [0.1, 0.15) is 5.76 Å². The molecule has 7 nitrogen and oxygen atoms in total. The van der Waals surface area contributed by atoms with E-state index in [1.54, 1.807) is 0 Å². The Bertz CT molecular complexity index is 807. The molecule has 1 aromatic carbocycles. The molecule has 1 amide bonds. The lowest BCUT2D eigenvalue weighted by Crippen LogP contribution is -2.46. The van der Waals surface area contributed by atoms with Gasteiger partial charge in [-0.15, -0.1) is 0 Å². The molecule has 2 aliphatic rings. The van der Waals surface area contributed by atoms with Crippen molar-refractivity contribution in [1.29, 1.82) is 0 Å². The molecular formula is C21H28N4O3. The largest absolute Gasteiger partial charge is 0.437 e. The Labute approximate surface area is 165 Å². The molecule has 0 radical (unpaired) electrons. The minimum atomic E-state index is -0.270. The zero-order valence-corrected chi connectivity index (χ0v) is 16.6. The SMILES string of the molecule is C[C@@H](c1ccccc1)N1CCc2oc(C(=O)NC[C@@H]3CN(C)CCO3)nc2C1. The van der Waals surface area contributed by atoms with E-state index in [2.05, 4.69) is 58.3 Å². The van der Waals surface area contributed by atoms with Crippen LogP contribution in [0.2, 0.25) is 0 Å². The van der Waals surface area contributed by atoms with Crippen LogP contribution < -0.4 is 5.32 Å². The van der Waals surface area contributed by atoms with Gasteiger partial charge in [-0.25, -0.2) is 4.98 Å². The van der Waals surface area contributed by atoms with Crippen LogP contribution in [0.3, 0.4) is 0 Å². The van der Waals surface area contributed by atoms with Gasteiger partial charge < -0.3 is 19.4 Å². The Morgan fingerprint density at radius 3 is 2.93 bits per heavy atom. The monoisotopic (exact) mass is 384 g/mol. The highest BCUT2D eigenvalue weighted by Crippen LogP contribution is 2.27. The zero-order valence-electron chi connectivity index (χ0n) is 16.6. The van der Waals surface area contributed by atoms with Crippen molar-refractivity contribution < 1.29 is 13.9 Å². The minimum Gasteiger partial charge on any atom is -0.437 e. The molecule has 2 aromatic rings. The van der Waals surface area contributed by atoms with Gasteiger partial charge >= 0.3 is 5.91 Å². The number of likely N-dealkylation sites (N-methyl/N-ethyl adjacent to an activating group) is 1. The first kappa shape index (κ1) is 19.1. The zero-order chi connectivity index (χ0) is 19.5. The number of amides is 1. The predicted molar refractivity (Wildman–Crippen MR) is 105 cm³/mol. The van der Waals surface area contributed by atoms with Crippen LogP contribution in [0.4, 0.5) is 0 Å². The van der Waals surface area contributed by atoms with Crippen molar-refractivity contribution in [1.82, 2.24) is 20.1 Å². The molecule has 2 atom stereocenters. The summed E-state index contributed by atoms with van der Waals surface area (Å²) in [4.78, 5) is 21.5.